The zero-order valence-electron chi connectivity index (χ0n) is 12.5. The van der Waals surface area contributed by atoms with Gasteiger partial charge in [-0.25, -0.2) is 0 Å². The molecule has 0 bridgehead atoms. The zero-order chi connectivity index (χ0) is 15.8. The van der Waals surface area contributed by atoms with E-state index in [1.165, 1.54) is 0 Å². The van der Waals surface area contributed by atoms with Crippen molar-refractivity contribution in [1.29, 1.82) is 0 Å². The first-order valence-electron chi connectivity index (χ1n) is 6.88. The van der Waals surface area contributed by atoms with Gasteiger partial charge in [0, 0.05) is 36.3 Å². The molecule has 0 saturated heterocycles. The molecule has 110 valence electrons. The highest BCUT2D eigenvalue weighted by molar-refractivity contribution is 5.69. The quantitative estimate of drug-likeness (QED) is 0.868. The number of ether oxygens (including phenoxy) is 1. The second kappa shape index (κ2) is 7.70. The minimum atomic E-state index is 0.648. The molecule has 0 spiro atoms. The van der Waals surface area contributed by atoms with Crippen molar-refractivity contribution < 1.29 is 4.74 Å². The molecule has 0 saturated carbocycles. The molecule has 0 amide bonds. The maximum absolute atomic E-state index is 5.69. The second-order valence-corrected chi connectivity index (χ2v) is 4.62. The third kappa shape index (κ3) is 4.00. The van der Waals surface area contributed by atoms with Crippen molar-refractivity contribution in [2.45, 2.75) is 0 Å². The van der Waals surface area contributed by atoms with Crippen LogP contribution in [0.1, 0.15) is 5.56 Å². The van der Waals surface area contributed by atoms with Crippen LogP contribution in [0, 0.1) is 12.3 Å². The van der Waals surface area contributed by atoms with E-state index in [9.17, 15) is 0 Å². The molecule has 0 radical (unpaired) electrons. The number of nitrogens with one attached hydrogen (secondary N) is 1. The lowest BCUT2D eigenvalue weighted by Gasteiger charge is -2.08. The third-order valence-corrected chi connectivity index (χ3v) is 3.14. The number of pyridine rings is 1. The van der Waals surface area contributed by atoms with Crippen LogP contribution in [0.25, 0.3) is 6.08 Å². The van der Waals surface area contributed by atoms with Crippen LogP contribution in [0.5, 0.6) is 0 Å². The summed E-state index contributed by atoms with van der Waals surface area (Å²) >= 11 is 0. The van der Waals surface area contributed by atoms with Crippen LogP contribution in [0.3, 0.4) is 0 Å². The minimum absolute atomic E-state index is 0.648. The molecule has 1 aromatic heterocycles. The molecule has 0 aliphatic carbocycles. The molecule has 0 unspecified atom stereocenters. The summed E-state index contributed by atoms with van der Waals surface area (Å²) in [5.74, 6) is 3.51. The lowest BCUT2D eigenvalue weighted by Crippen LogP contribution is -2.07. The molecular weight excluding hydrogens is 272 g/mol. The van der Waals surface area contributed by atoms with E-state index in [1.54, 1.807) is 19.5 Å². The predicted octanol–water partition coefficient (Wildman–Crippen LogP) is 3.23. The summed E-state index contributed by atoms with van der Waals surface area (Å²) in [6.07, 6.45) is 18.7. The number of aromatic nitrogens is 1. The highest BCUT2D eigenvalue weighted by Gasteiger charge is 2.07. The molecule has 0 aromatic carbocycles. The summed E-state index contributed by atoms with van der Waals surface area (Å²) in [5.41, 5.74) is 3.37. The van der Waals surface area contributed by atoms with Crippen LogP contribution in [0.15, 0.2) is 78.0 Å². The molecule has 3 heteroatoms. The summed E-state index contributed by atoms with van der Waals surface area (Å²) in [4.78, 5) is 4.10. The molecule has 1 aromatic rings. The fourth-order valence-corrected chi connectivity index (χ4v) is 1.98. The van der Waals surface area contributed by atoms with E-state index in [0.717, 1.165) is 28.0 Å². The summed E-state index contributed by atoms with van der Waals surface area (Å²) in [6.45, 7) is 4.74. The van der Waals surface area contributed by atoms with Crippen LogP contribution < -0.4 is 5.32 Å². The number of rotatable bonds is 3. The Bertz CT molecular complexity index is 701. The number of allylic oxidation sites excluding steroid dienone is 5. The van der Waals surface area contributed by atoms with Crippen LogP contribution in [-0.4, -0.2) is 18.6 Å². The standard InChI is InChI=1S/C19H18N2O/c1-4-17(12-16-6-5-10-20-13-16)19-14-21-11-9-18(22-3)8-7-15(19)2/h1,5-10,12-14,21H,2,11H2,3H3/b8-7-,17-12+,18-9+,19-14+. The lowest BCUT2D eigenvalue weighted by molar-refractivity contribution is 0.305. The van der Waals surface area contributed by atoms with E-state index in [-0.39, 0.29) is 0 Å². The first-order valence-corrected chi connectivity index (χ1v) is 6.88. The van der Waals surface area contributed by atoms with E-state index >= 15 is 0 Å². The van der Waals surface area contributed by atoms with Crippen molar-refractivity contribution in [1.82, 2.24) is 10.3 Å². The summed E-state index contributed by atoms with van der Waals surface area (Å²) in [5, 5.41) is 3.20. The summed E-state index contributed by atoms with van der Waals surface area (Å²) < 4.78 is 5.26. The van der Waals surface area contributed by atoms with Gasteiger partial charge in [0.1, 0.15) is 5.76 Å². The maximum Gasteiger partial charge on any atom is 0.116 e. The Morgan fingerprint density at radius 2 is 2.36 bits per heavy atom. The highest BCUT2D eigenvalue weighted by Crippen LogP contribution is 2.22. The highest BCUT2D eigenvalue weighted by atomic mass is 16.5. The molecule has 3 nitrogen and oxygen atoms in total. The molecule has 2 rings (SSSR count). The van der Waals surface area contributed by atoms with Gasteiger partial charge in [0.05, 0.1) is 7.11 Å². The lowest BCUT2D eigenvalue weighted by atomic mass is 9.98. The molecule has 22 heavy (non-hydrogen) atoms. The predicted molar refractivity (Wildman–Crippen MR) is 90.5 cm³/mol. The Morgan fingerprint density at radius 3 is 3.05 bits per heavy atom. The number of methoxy groups -OCH3 is 1. The Kier molecular flexibility index (Phi) is 5.39. The summed E-state index contributed by atoms with van der Waals surface area (Å²) in [7, 11) is 1.64. The smallest absolute Gasteiger partial charge is 0.116 e. The van der Waals surface area contributed by atoms with Gasteiger partial charge in [0.2, 0.25) is 0 Å². The Morgan fingerprint density at radius 1 is 1.50 bits per heavy atom. The number of nitrogens with zero attached hydrogens (tertiary/aromatic N) is 1. The van der Waals surface area contributed by atoms with Gasteiger partial charge >= 0.3 is 0 Å². The van der Waals surface area contributed by atoms with E-state index in [4.69, 9.17) is 11.2 Å². The summed E-state index contributed by atoms with van der Waals surface area (Å²) in [6, 6.07) is 3.83. The fraction of sp³-hybridized carbons (Fsp3) is 0.105. The topological polar surface area (TPSA) is 34.2 Å². The van der Waals surface area contributed by atoms with Crippen LogP contribution >= 0.6 is 0 Å². The SMILES string of the molecule is C#CC(=C\c1cccnc1)/C1=C/NC/C=C(OC)\C=C/C1=C. The average molecular weight is 290 g/mol. The van der Waals surface area contributed by atoms with Gasteiger partial charge in [0.15, 0.2) is 0 Å². The Labute approximate surface area is 131 Å². The van der Waals surface area contributed by atoms with E-state index < -0.39 is 0 Å². The Balaban J connectivity index is 2.35. The van der Waals surface area contributed by atoms with Crippen LogP contribution in [0.4, 0.5) is 0 Å². The maximum atomic E-state index is 5.69. The second-order valence-electron chi connectivity index (χ2n) is 4.62. The molecule has 0 fully saturated rings. The molecule has 2 heterocycles. The van der Waals surface area contributed by atoms with Gasteiger partial charge in [-0.2, -0.15) is 0 Å². The van der Waals surface area contributed by atoms with Crippen molar-refractivity contribution in [3.05, 3.63) is 83.6 Å². The largest absolute Gasteiger partial charge is 0.497 e. The van der Waals surface area contributed by atoms with Crippen LogP contribution in [-0.2, 0) is 4.74 Å². The average Bonchev–Trinajstić information content (AvgIpc) is 2.64. The fourth-order valence-electron chi connectivity index (χ4n) is 1.98. The molecular formula is C19H18N2O. The van der Waals surface area contributed by atoms with Gasteiger partial charge in [-0.3, -0.25) is 4.98 Å². The van der Waals surface area contributed by atoms with Gasteiger partial charge in [-0.15, -0.1) is 6.42 Å². The molecule has 1 aliphatic heterocycles. The normalized spacial score (nSPS) is 21.6. The minimum Gasteiger partial charge on any atom is -0.497 e. The van der Waals surface area contributed by atoms with Gasteiger partial charge in [-0.1, -0.05) is 24.6 Å². The zero-order valence-corrected chi connectivity index (χ0v) is 12.5. The van der Waals surface area contributed by atoms with Crippen molar-refractivity contribution in [3.8, 4) is 12.3 Å². The van der Waals surface area contributed by atoms with Crippen molar-refractivity contribution in [2.75, 3.05) is 13.7 Å². The van der Waals surface area contributed by atoms with Crippen molar-refractivity contribution >= 4 is 6.08 Å². The molecule has 1 N–H and O–H groups in total. The van der Waals surface area contributed by atoms with E-state index in [0.29, 0.717) is 6.54 Å². The monoisotopic (exact) mass is 290 g/mol. The first kappa shape index (κ1) is 15.4. The number of terminal acetylenes is 1. The first-order chi connectivity index (χ1) is 10.7. The molecule has 1 aliphatic rings. The third-order valence-electron chi connectivity index (χ3n) is 3.14. The van der Waals surface area contributed by atoms with Gasteiger partial charge in [0.25, 0.3) is 0 Å². The van der Waals surface area contributed by atoms with Crippen LogP contribution in [0.2, 0.25) is 0 Å². The number of hydrogen-bond acceptors (Lipinski definition) is 3. The number of hydrogen-bond donors (Lipinski definition) is 1. The van der Waals surface area contributed by atoms with Gasteiger partial charge in [-0.05, 0) is 35.4 Å². The van der Waals surface area contributed by atoms with E-state index in [2.05, 4.69) is 22.8 Å². The van der Waals surface area contributed by atoms with Crippen molar-refractivity contribution in [3.63, 3.8) is 0 Å². The van der Waals surface area contributed by atoms with Crippen molar-refractivity contribution in [2.24, 2.45) is 0 Å². The molecule has 0 atom stereocenters. The van der Waals surface area contributed by atoms with E-state index in [1.807, 2.05) is 42.6 Å². The Hall–Kier alpha value is -2.99. The van der Waals surface area contributed by atoms with Gasteiger partial charge < -0.3 is 10.1 Å².